The fourth-order valence-electron chi connectivity index (χ4n) is 3.23. The molecule has 1 aromatic carbocycles. The normalized spacial score (nSPS) is 19.0. The van der Waals surface area contributed by atoms with E-state index in [1.165, 1.54) is 11.1 Å². The zero-order chi connectivity index (χ0) is 16.7. The summed E-state index contributed by atoms with van der Waals surface area (Å²) in [6.07, 6.45) is 3.32. The molecule has 0 spiro atoms. The largest absolute Gasteiger partial charge is 0.375 e. The van der Waals surface area contributed by atoms with Gasteiger partial charge < -0.3 is 10.1 Å². The molecule has 1 aromatic rings. The quantitative estimate of drug-likeness (QED) is 0.840. The van der Waals surface area contributed by atoms with Gasteiger partial charge in [0.25, 0.3) is 0 Å². The number of hydrogen-bond acceptors (Lipinski definition) is 3. The number of benzene rings is 1. The topological polar surface area (TPSA) is 41.6 Å². The lowest BCUT2D eigenvalue weighted by molar-refractivity contribution is -0.125. The minimum atomic E-state index is -0.0163. The first-order chi connectivity index (χ1) is 11.1. The van der Waals surface area contributed by atoms with Crippen molar-refractivity contribution >= 4 is 5.91 Å². The van der Waals surface area contributed by atoms with Crippen LogP contribution in [-0.2, 0) is 22.5 Å². The van der Waals surface area contributed by atoms with Gasteiger partial charge in [0.2, 0.25) is 5.91 Å². The second-order valence-corrected chi connectivity index (χ2v) is 6.99. The molecule has 0 aliphatic carbocycles. The molecule has 23 heavy (non-hydrogen) atoms. The standard InChI is InChI=1S/C19H30N2O2/c1-15(2)11-16-6-8-17(9-7-16)12-21-10-4-5-18(13-21)20-19(22)14-23-3/h6-9,15,18H,4-5,10-14H2,1-3H3,(H,20,22). The molecule has 1 aliphatic heterocycles. The van der Waals surface area contributed by atoms with Crippen LogP contribution < -0.4 is 5.32 Å². The number of amides is 1. The highest BCUT2D eigenvalue weighted by Gasteiger charge is 2.21. The maximum Gasteiger partial charge on any atom is 0.246 e. The Hall–Kier alpha value is -1.39. The first kappa shape index (κ1) is 18.0. The average Bonchev–Trinajstić information content (AvgIpc) is 2.49. The molecule has 1 fully saturated rings. The molecule has 1 saturated heterocycles. The van der Waals surface area contributed by atoms with Crippen molar-refractivity contribution in [3.8, 4) is 0 Å². The van der Waals surface area contributed by atoms with Crippen LogP contribution in [0.4, 0.5) is 0 Å². The van der Waals surface area contributed by atoms with Gasteiger partial charge in [0.1, 0.15) is 6.61 Å². The first-order valence-corrected chi connectivity index (χ1v) is 8.65. The van der Waals surface area contributed by atoms with Crippen molar-refractivity contribution in [1.82, 2.24) is 10.2 Å². The number of ether oxygens (including phenoxy) is 1. The van der Waals surface area contributed by atoms with Crippen LogP contribution in [0.2, 0.25) is 0 Å². The summed E-state index contributed by atoms with van der Waals surface area (Å²) in [6.45, 7) is 7.62. The number of carbonyl (C=O) groups is 1. The minimum Gasteiger partial charge on any atom is -0.375 e. The Balaban J connectivity index is 1.83. The minimum absolute atomic E-state index is 0.0163. The summed E-state index contributed by atoms with van der Waals surface area (Å²) in [5, 5.41) is 3.06. The Labute approximate surface area is 140 Å². The second-order valence-electron chi connectivity index (χ2n) is 6.99. The van der Waals surface area contributed by atoms with E-state index in [0.717, 1.165) is 38.9 Å². The summed E-state index contributed by atoms with van der Waals surface area (Å²) in [7, 11) is 1.55. The van der Waals surface area contributed by atoms with Crippen LogP contribution in [0.25, 0.3) is 0 Å². The van der Waals surface area contributed by atoms with E-state index in [0.29, 0.717) is 5.92 Å². The van der Waals surface area contributed by atoms with E-state index >= 15 is 0 Å². The number of hydrogen-bond donors (Lipinski definition) is 1. The van der Waals surface area contributed by atoms with Gasteiger partial charge in [-0.1, -0.05) is 38.1 Å². The third kappa shape index (κ3) is 6.32. The fourth-order valence-corrected chi connectivity index (χ4v) is 3.23. The van der Waals surface area contributed by atoms with Crippen LogP contribution in [-0.4, -0.2) is 43.7 Å². The highest BCUT2D eigenvalue weighted by atomic mass is 16.5. The van der Waals surface area contributed by atoms with Crippen LogP contribution in [0.5, 0.6) is 0 Å². The highest BCUT2D eigenvalue weighted by molar-refractivity contribution is 5.77. The van der Waals surface area contributed by atoms with Crippen molar-refractivity contribution in [2.45, 2.75) is 45.7 Å². The Morgan fingerprint density at radius 3 is 2.65 bits per heavy atom. The molecule has 0 saturated carbocycles. The van der Waals surface area contributed by atoms with Crippen molar-refractivity contribution in [1.29, 1.82) is 0 Å². The SMILES string of the molecule is COCC(=O)NC1CCCN(Cc2ccc(CC(C)C)cc2)C1. The van der Waals surface area contributed by atoms with E-state index < -0.39 is 0 Å². The van der Waals surface area contributed by atoms with E-state index in [9.17, 15) is 4.79 Å². The Bertz CT molecular complexity index is 485. The Morgan fingerprint density at radius 2 is 2.00 bits per heavy atom. The van der Waals surface area contributed by atoms with Gasteiger partial charge >= 0.3 is 0 Å². The number of likely N-dealkylation sites (tertiary alicyclic amines) is 1. The molecule has 0 bridgehead atoms. The molecule has 0 radical (unpaired) electrons. The van der Waals surface area contributed by atoms with Crippen molar-refractivity contribution in [3.63, 3.8) is 0 Å². The molecule has 2 rings (SSSR count). The van der Waals surface area contributed by atoms with Crippen molar-refractivity contribution in [2.24, 2.45) is 5.92 Å². The third-order valence-corrected chi connectivity index (χ3v) is 4.22. The Kier molecular flexibility index (Phi) is 7.06. The summed E-state index contributed by atoms with van der Waals surface area (Å²) in [6, 6.07) is 9.22. The summed E-state index contributed by atoms with van der Waals surface area (Å²) in [4.78, 5) is 14.1. The lowest BCUT2D eigenvalue weighted by Crippen LogP contribution is -2.48. The molecule has 1 aliphatic rings. The molecular weight excluding hydrogens is 288 g/mol. The van der Waals surface area contributed by atoms with Gasteiger partial charge in [-0.15, -0.1) is 0 Å². The molecular formula is C19H30N2O2. The van der Waals surface area contributed by atoms with Crippen LogP contribution in [0.15, 0.2) is 24.3 Å². The van der Waals surface area contributed by atoms with E-state index in [-0.39, 0.29) is 18.6 Å². The second kappa shape index (κ2) is 9.04. The van der Waals surface area contributed by atoms with Crippen molar-refractivity contribution in [3.05, 3.63) is 35.4 Å². The van der Waals surface area contributed by atoms with Gasteiger partial charge in [-0.2, -0.15) is 0 Å². The smallest absolute Gasteiger partial charge is 0.246 e. The zero-order valence-electron chi connectivity index (χ0n) is 14.7. The number of methoxy groups -OCH3 is 1. The number of rotatable bonds is 7. The number of carbonyl (C=O) groups excluding carboxylic acids is 1. The summed E-state index contributed by atoms with van der Waals surface area (Å²) >= 11 is 0. The predicted octanol–water partition coefficient (Wildman–Crippen LogP) is 2.61. The van der Waals surface area contributed by atoms with Gasteiger partial charge in [0.15, 0.2) is 0 Å². The van der Waals surface area contributed by atoms with E-state index in [1.54, 1.807) is 7.11 Å². The summed E-state index contributed by atoms with van der Waals surface area (Å²) in [5.74, 6) is 0.678. The molecule has 1 N–H and O–H groups in total. The zero-order valence-corrected chi connectivity index (χ0v) is 14.7. The van der Waals surface area contributed by atoms with Gasteiger partial charge in [0.05, 0.1) is 0 Å². The monoisotopic (exact) mass is 318 g/mol. The average molecular weight is 318 g/mol. The van der Waals surface area contributed by atoms with Crippen LogP contribution in [0.3, 0.4) is 0 Å². The molecule has 1 amide bonds. The van der Waals surface area contributed by atoms with E-state index in [4.69, 9.17) is 4.74 Å². The van der Waals surface area contributed by atoms with Crippen molar-refractivity contribution < 1.29 is 9.53 Å². The van der Waals surface area contributed by atoms with Gasteiger partial charge in [-0.25, -0.2) is 0 Å². The molecule has 4 heteroatoms. The van der Waals surface area contributed by atoms with Gasteiger partial charge in [-0.05, 0) is 42.9 Å². The Morgan fingerprint density at radius 1 is 1.30 bits per heavy atom. The maximum absolute atomic E-state index is 11.6. The van der Waals surface area contributed by atoms with E-state index in [2.05, 4.69) is 48.3 Å². The predicted molar refractivity (Wildman–Crippen MR) is 93.3 cm³/mol. The molecule has 1 heterocycles. The number of nitrogens with zero attached hydrogens (tertiary/aromatic N) is 1. The van der Waals surface area contributed by atoms with Crippen molar-refractivity contribution in [2.75, 3.05) is 26.8 Å². The molecule has 1 unspecified atom stereocenters. The lowest BCUT2D eigenvalue weighted by Gasteiger charge is -2.33. The van der Waals surface area contributed by atoms with Gasteiger partial charge in [0, 0.05) is 26.2 Å². The molecule has 0 aromatic heterocycles. The summed E-state index contributed by atoms with van der Waals surface area (Å²) in [5.41, 5.74) is 2.76. The van der Waals surface area contributed by atoms with Crippen LogP contribution in [0, 0.1) is 5.92 Å². The number of nitrogens with one attached hydrogen (secondary N) is 1. The fraction of sp³-hybridized carbons (Fsp3) is 0.632. The lowest BCUT2D eigenvalue weighted by atomic mass is 10.0. The van der Waals surface area contributed by atoms with E-state index in [1.807, 2.05) is 0 Å². The van der Waals surface area contributed by atoms with Gasteiger partial charge in [-0.3, -0.25) is 9.69 Å². The number of piperidine rings is 1. The maximum atomic E-state index is 11.6. The summed E-state index contributed by atoms with van der Waals surface area (Å²) < 4.78 is 4.88. The molecule has 1 atom stereocenters. The first-order valence-electron chi connectivity index (χ1n) is 8.65. The third-order valence-electron chi connectivity index (χ3n) is 4.22. The van der Waals surface area contributed by atoms with Crippen LogP contribution in [0.1, 0.15) is 37.8 Å². The molecule has 4 nitrogen and oxygen atoms in total. The highest BCUT2D eigenvalue weighted by Crippen LogP contribution is 2.15. The van der Waals surface area contributed by atoms with Crippen LogP contribution >= 0.6 is 0 Å². The molecule has 128 valence electrons.